The maximum absolute atomic E-state index is 6.21. The van der Waals surface area contributed by atoms with Gasteiger partial charge in [-0.3, -0.25) is 4.98 Å². The molecule has 0 spiro atoms. The van der Waals surface area contributed by atoms with E-state index < -0.39 is 0 Å². The summed E-state index contributed by atoms with van der Waals surface area (Å²) in [6, 6.07) is 2.04. The highest BCUT2D eigenvalue weighted by atomic mass is 14.9. The molecule has 2 saturated carbocycles. The van der Waals surface area contributed by atoms with Gasteiger partial charge in [-0.2, -0.15) is 0 Å². The highest BCUT2D eigenvalue weighted by molar-refractivity contribution is 5.42. The Balaban J connectivity index is 2.10. The maximum Gasteiger partial charge on any atom is 0.0430 e. The molecule has 2 fully saturated rings. The van der Waals surface area contributed by atoms with Crippen LogP contribution in [0.1, 0.15) is 36.8 Å². The average Bonchev–Trinajstić information content (AvgIpc) is 3.08. The zero-order valence-electron chi connectivity index (χ0n) is 8.16. The van der Waals surface area contributed by atoms with Crippen LogP contribution in [0.2, 0.25) is 0 Å². The first-order valence-corrected chi connectivity index (χ1v) is 5.17. The molecule has 0 saturated heterocycles. The van der Waals surface area contributed by atoms with E-state index in [2.05, 4.69) is 4.98 Å². The SMILES string of the molecule is NC1(c2ccncc2C2(N)CC2)CC1. The maximum atomic E-state index is 6.21. The largest absolute Gasteiger partial charge is 0.321 e. The van der Waals surface area contributed by atoms with Gasteiger partial charge in [0.2, 0.25) is 0 Å². The molecule has 3 nitrogen and oxygen atoms in total. The fraction of sp³-hybridized carbons (Fsp3) is 0.545. The van der Waals surface area contributed by atoms with E-state index in [0.29, 0.717) is 0 Å². The van der Waals surface area contributed by atoms with Crippen LogP contribution in [0, 0.1) is 0 Å². The highest BCUT2D eigenvalue weighted by Gasteiger charge is 2.48. The van der Waals surface area contributed by atoms with Crippen LogP contribution in [0.5, 0.6) is 0 Å². The summed E-state index contributed by atoms with van der Waals surface area (Å²) in [6.07, 6.45) is 8.02. The molecule has 74 valence electrons. The Morgan fingerprint density at radius 2 is 1.57 bits per heavy atom. The number of hydrogen-bond donors (Lipinski definition) is 2. The summed E-state index contributed by atoms with van der Waals surface area (Å²) in [5, 5.41) is 0. The van der Waals surface area contributed by atoms with Gasteiger partial charge in [-0.15, -0.1) is 0 Å². The summed E-state index contributed by atoms with van der Waals surface area (Å²) in [5.41, 5.74) is 14.6. The lowest BCUT2D eigenvalue weighted by Gasteiger charge is -2.18. The Morgan fingerprint density at radius 1 is 1.00 bits per heavy atom. The molecule has 3 rings (SSSR count). The van der Waals surface area contributed by atoms with Crippen molar-refractivity contribution < 1.29 is 0 Å². The van der Waals surface area contributed by atoms with Crippen molar-refractivity contribution in [2.75, 3.05) is 0 Å². The van der Waals surface area contributed by atoms with Crippen LogP contribution >= 0.6 is 0 Å². The minimum absolute atomic E-state index is 0.0900. The van der Waals surface area contributed by atoms with Crippen LogP contribution in [-0.4, -0.2) is 4.98 Å². The van der Waals surface area contributed by atoms with Crippen molar-refractivity contribution in [3.63, 3.8) is 0 Å². The van der Waals surface area contributed by atoms with Crippen molar-refractivity contribution in [3.8, 4) is 0 Å². The summed E-state index contributed by atoms with van der Waals surface area (Å²) in [7, 11) is 0. The molecule has 1 aromatic rings. The molecular formula is C11H15N3. The van der Waals surface area contributed by atoms with E-state index in [1.54, 1.807) is 0 Å². The summed E-state index contributed by atoms with van der Waals surface area (Å²) in [6.45, 7) is 0. The van der Waals surface area contributed by atoms with Crippen molar-refractivity contribution in [1.82, 2.24) is 4.98 Å². The van der Waals surface area contributed by atoms with Crippen molar-refractivity contribution in [1.29, 1.82) is 0 Å². The number of aromatic nitrogens is 1. The average molecular weight is 189 g/mol. The summed E-state index contributed by atoms with van der Waals surface area (Å²) >= 11 is 0. The van der Waals surface area contributed by atoms with Gasteiger partial charge in [0.05, 0.1) is 0 Å². The second kappa shape index (κ2) is 2.35. The van der Waals surface area contributed by atoms with Gasteiger partial charge in [-0.05, 0) is 42.9 Å². The monoisotopic (exact) mass is 189 g/mol. The zero-order chi connectivity index (χ0) is 9.81. The lowest BCUT2D eigenvalue weighted by molar-refractivity contribution is 0.664. The predicted octanol–water partition coefficient (Wildman–Crippen LogP) is 0.977. The standard InChI is InChI=1S/C11H15N3/c12-10(2-3-10)8-1-6-14-7-9(8)11(13)4-5-11/h1,6-7H,2-5,12-13H2. The van der Waals surface area contributed by atoms with Gasteiger partial charge in [-0.25, -0.2) is 0 Å². The molecule has 1 heterocycles. The second-order valence-electron chi connectivity index (χ2n) is 4.73. The quantitative estimate of drug-likeness (QED) is 0.728. The molecule has 3 heteroatoms. The van der Waals surface area contributed by atoms with Gasteiger partial charge in [0.1, 0.15) is 0 Å². The van der Waals surface area contributed by atoms with E-state index in [0.717, 1.165) is 25.7 Å². The molecule has 0 aromatic carbocycles. The molecule has 0 atom stereocenters. The molecule has 1 aromatic heterocycles. The Hall–Kier alpha value is -0.930. The van der Waals surface area contributed by atoms with E-state index in [9.17, 15) is 0 Å². The first-order valence-electron chi connectivity index (χ1n) is 5.17. The van der Waals surface area contributed by atoms with Crippen LogP contribution in [0.3, 0.4) is 0 Å². The minimum atomic E-state index is -0.113. The summed E-state index contributed by atoms with van der Waals surface area (Å²) in [4.78, 5) is 4.16. The first-order chi connectivity index (χ1) is 6.64. The van der Waals surface area contributed by atoms with Gasteiger partial charge < -0.3 is 11.5 Å². The van der Waals surface area contributed by atoms with Crippen LogP contribution in [0.25, 0.3) is 0 Å². The van der Waals surface area contributed by atoms with Gasteiger partial charge in [-0.1, -0.05) is 0 Å². The van der Waals surface area contributed by atoms with Gasteiger partial charge >= 0.3 is 0 Å². The van der Waals surface area contributed by atoms with E-state index in [1.807, 2.05) is 18.5 Å². The van der Waals surface area contributed by atoms with Crippen molar-refractivity contribution in [2.24, 2.45) is 11.5 Å². The smallest absolute Gasteiger partial charge is 0.0430 e. The van der Waals surface area contributed by atoms with E-state index >= 15 is 0 Å². The second-order valence-corrected chi connectivity index (χ2v) is 4.73. The van der Waals surface area contributed by atoms with Gasteiger partial charge in [0.25, 0.3) is 0 Å². The van der Waals surface area contributed by atoms with Crippen molar-refractivity contribution in [3.05, 3.63) is 29.6 Å². The topological polar surface area (TPSA) is 64.9 Å². The predicted molar refractivity (Wildman–Crippen MR) is 54.4 cm³/mol. The summed E-state index contributed by atoms with van der Waals surface area (Å²) in [5.74, 6) is 0. The third-order valence-electron chi connectivity index (χ3n) is 3.47. The fourth-order valence-corrected chi connectivity index (χ4v) is 2.03. The minimum Gasteiger partial charge on any atom is -0.321 e. The number of rotatable bonds is 2. The molecule has 0 aliphatic heterocycles. The molecule has 0 unspecified atom stereocenters. The Labute approximate surface area is 83.5 Å². The van der Waals surface area contributed by atoms with Crippen LogP contribution in [-0.2, 0) is 11.1 Å². The van der Waals surface area contributed by atoms with Crippen LogP contribution in [0.15, 0.2) is 18.5 Å². The molecule has 2 aliphatic rings. The normalized spacial score (nSPS) is 25.9. The number of nitrogens with two attached hydrogens (primary N) is 2. The molecule has 2 aliphatic carbocycles. The Morgan fingerprint density at radius 3 is 2.14 bits per heavy atom. The highest BCUT2D eigenvalue weighted by Crippen LogP contribution is 2.50. The van der Waals surface area contributed by atoms with Crippen LogP contribution in [0.4, 0.5) is 0 Å². The van der Waals surface area contributed by atoms with Gasteiger partial charge in [0, 0.05) is 23.5 Å². The molecule has 4 N–H and O–H groups in total. The summed E-state index contributed by atoms with van der Waals surface area (Å²) < 4.78 is 0. The van der Waals surface area contributed by atoms with E-state index in [1.165, 1.54) is 11.1 Å². The fourth-order valence-electron chi connectivity index (χ4n) is 2.03. The Kier molecular flexibility index (Phi) is 1.41. The number of nitrogens with zero attached hydrogens (tertiary/aromatic N) is 1. The van der Waals surface area contributed by atoms with Crippen molar-refractivity contribution >= 4 is 0 Å². The van der Waals surface area contributed by atoms with E-state index in [-0.39, 0.29) is 11.1 Å². The molecular weight excluding hydrogens is 174 g/mol. The van der Waals surface area contributed by atoms with Gasteiger partial charge in [0.15, 0.2) is 0 Å². The zero-order valence-corrected chi connectivity index (χ0v) is 8.16. The van der Waals surface area contributed by atoms with Crippen molar-refractivity contribution in [2.45, 2.75) is 36.8 Å². The molecule has 0 bridgehead atoms. The number of hydrogen-bond acceptors (Lipinski definition) is 3. The lowest BCUT2D eigenvalue weighted by Crippen LogP contribution is -2.27. The number of pyridine rings is 1. The third kappa shape index (κ3) is 1.09. The molecule has 0 radical (unpaired) electrons. The van der Waals surface area contributed by atoms with Crippen LogP contribution < -0.4 is 11.5 Å². The third-order valence-corrected chi connectivity index (χ3v) is 3.47. The van der Waals surface area contributed by atoms with E-state index in [4.69, 9.17) is 11.5 Å². The molecule has 14 heavy (non-hydrogen) atoms. The lowest BCUT2D eigenvalue weighted by atomic mass is 9.95. The Bertz CT molecular complexity index is 341. The first kappa shape index (κ1) is 8.38. The molecule has 0 amide bonds.